The molecule has 0 aromatic heterocycles. The molecule has 0 radical (unpaired) electrons. The average molecular weight is 253 g/mol. The number of likely N-dealkylation sites (tertiary alicyclic amines) is 1. The van der Waals surface area contributed by atoms with Gasteiger partial charge in [-0.05, 0) is 45.8 Å². The smallest absolute Gasteiger partial charge is 0.0244 e. The third kappa shape index (κ3) is 4.22. The third-order valence-corrected chi connectivity index (χ3v) is 4.82. The fraction of sp³-hybridized carbons (Fsp3) is 1.00. The molecule has 1 aliphatic heterocycles. The van der Waals surface area contributed by atoms with E-state index in [9.17, 15) is 0 Å². The Morgan fingerprint density at radius 2 is 1.67 bits per heavy atom. The summed E-state index contributed by atoms with van der Waals surface area (Å²) in [5.74, 6) is 0. The van der Waals surface area contributed by atoms with Crippen LogP contribution in [0.1, 0.15) is 51.4 Å². The Hall–Kier alpha value is -0.120. The van der Waals surface area contributed by atoms with Gasteiger partial charge in [-0.1, -0.05) is 25.7 Å². The predicted molar refractivity (Wildman–Crippen MR) is 77.8 cm³/mol. The molecule has 2 rings (SSSR count). The number of nitrogens with zero attached hydrogens (tertiary/aromatic N) is 2. The Morgan fingerprint density at radius 3 is 2.39 bits per heavy atom. The average Bonchev–Trinajstić information content (AvgIpc) is 2.84. The first-order valence-electron chi connectivity index (χ1n) is 7.95. The fourth-order valence-electron chi connectivity index (χ4n) is 3.51. The Balaban J connectivity index is 1.75. The molecule has 1 aliphatic carbocycles. The molecule has 0 aromatic carbocycles. The highest BCUT2D eigenvalue weighted by molar-refractivity contribution is 4.83. The van der Waals surface area contributed by atoms with E-state index < -0.39 is 0 Å². The maximum Gasteiger partial charge on any atom is 0.0244 e. The van der Waals surface area contributed by atoms with Crippen molar-refractivity contribution in [3.63, 3.8) is 0 Å². The number of nitrogens with two attached hydrogens (primary N) is 1. The molecular weight excluding hydrogens is 222 g/mol. The van der Waals surface area contributed by atoms with E-state index in [4.69, 9.17) is 5.73 Å². The van der Waals surface area contributed by atoms with Crippen LogP contribution < -0.4 is 5.73 Å². The van der Waals surface area contributed by atoms with Crippen LogP contribution in [0.3, 0.4) is 0 Å². The second kappa shape index (κ2) is 7.46. The molecule has 0 aromatic rings. The molecule has 106 valence electrons. The summed E-state index contributed by atoms with van der Waals surface area (Å²) in [6.45, 7) is 5.05. The maximum absolute atomic E-state index is 6.38. The van der Waals surface area contributed by atoms with Gasteiger partial charge in [0.2, 0.25) is 0 Å². The summed E-state index contributed by atoms with van der Waals surface area (Å²) in [7, 11) is 2.28. The first-order chi connectivity index (χ1) is 8.77. The largest absolute Gasteiger partial charge is 0.326 e. The third-order valence-electron chi connectivity index (χ3n) is 4.82. The lowest BCUT2D eigenvalue weighted by Gasteiger charge is -2.35. The summed E-state index contributed by atoms with van der Waals surface area (Å²) in [5.41, 5.74) is 6.38. The van der Waals surface area contributed by atoms with Crippen LogP contribution in [0.15, 0.2) is 0 Å². The summed E-state index contributed by atoms with van der Waals surface area (Å²) in [6, 6.07) is 1.02. The number of hydrogen-bond donors (Lipinski definition) is 1. The van der Waals surface area contributed by atoms with Crippen LogP contribution >= 0.6 is 0 Å². The normalized spacial score (nSPS) is 31.5. The SMILES string of the molecule is CN(CCN1CCCC1)C1CCCCCCC1N. The summed E-state index contributed by atoms with van der Waals surface area (Å²) in [4.78, 5) is 5.14. The lowest BCUT2D eigenvalue weighted by Crippen LogP contribution is -2.48. The molecular formula is C15H31N3. The van der Waals surface area contributed by atoms with Gasteiger partial charge in [-0.15, -0.1) is 0 Å². The standard InChI is InChI=1S/C15H31N3/c1-17(12-13-18-10-6-7-11-18)15-9-5-3-2-4-8-14(15)16/h14-15H,2-13,16H2,1H3. The minimum atomic E-state index is 0.397. The minimum absolute atomic E-state index is 0.397. The lowest BCUT2D eigenvalue weighted by molar-refractivity contribution is 0.162. The van der Waals surface area contributed by atoms with Crippen LogP contribution in [-0.4, -0.2) is 55.1 Å². The van der Waals surface area contributed by atoms with E-state index in [0.717, 1.165) is 0 Å². The van der Waals surface area contributed by atoms with Crippen LogP contribution in [0, 0.1) is 0 Å². The van der Waals surface area contributed by atoms with Crippen LogP contribution in [0.4, 0.5) is 0 Å². The van der Waals surface area contributed by atoms with Crippen molar-refractivity contribution in [3.05, 3.63) is 0 Å². The molecule has 2 fully saturated rings. The number of likely N-dealkylation sites (N-methyl/N-ethyl adjacent to an activating group) is 1. The van der Waals surface area contributed by atoms with Gasteiger partial charge in [0.25, 0.3) is 0 Å². The molecule has 3 nitrogen and oxygen atoms in total. The summed E-state index contributed by atoms with van der Waals surface area (Å²) < 4.78 is 0. The lowest BCUT2D eigenvalue weighted by atomic mass is 9.92. The van der Waals surface area contributed by atoms with E-state index in [1.807, 2.05) is 0 Å². The molecule has 2 aliphatic rings. The van der Waals surface area contributed by atoms with E-state index >= 15 is 0 Å². The first kappa shape index (κ1) is 14.3. The van der Waals surface area contributed by atoms with Crippen LogP contribution in [0.2, 0.25) is 0 Å². The van der Waals surface area contributed by atoms with Crippen molar-refractivity contribution < 1.29 is 0 Å². The summed E-state index contributed by atoms with van der Waals surface area (Å²) >= 11 is 0. The van der Waals surface area contributed by atoms with Gasteiger partial charge in [0, 0.05) is 25.2 Å². The van der Waals surface area contributed by atoms with Gasteiger partial charge in [-0.3, -0.25) is 0 Å². The van der Waals surface area contributed by atoms with Gasteiger partial charge >= 0.3 is 0 Å². The highest BCUT2D eigenvalue weighted by atomic mass is 15.2. The van der Waals surface area contributed by atoms with Crippen molar-refractivity contribution in [2.24, 2.45) is 5.73 Å². The second-order valence-electron chi connectivity index (χ2n) is 6.25. The van der Waals surface area contributed by atoms with E-state index in [1.165, 1.54) is 77.5 Å². The van der Waals surface area contributed by atoms with Gasteiger partial charge in [0.05, 0.1) is 0 Å². The van der Waals surface area contributed by atoms with Crippen molar-refractivity contribution in [2.75, 3.05) is 33.2 Å². The van der Waals surface area contributed by atoms with E-state index in [-0.39, 0.29) is 0 Å². The van der Waals surface area contributed by atoms with Crippen molar-refractivity contribution in [3.8, 4) is 0 Å². The quantitative estimate of drug-likeness (QED) is 0.832. The predicted octanol–water partition coefficient (Wildman–Crippen LogP) is 2.06. The van der Waals surface area contributed by atoms with Crippen LogP contribution in [0.5, 0.6) is 0 Å². The van der Waals surface area contributed by atoms with Gasteiger partial charge in [0.1, 0.15) is 0 Å². The monoisotopic (exact) mass is 253 g/mol. The van der Waals surface area contributed by atoms with Gasteiger partial charge in [0.15, 0.2) is 0 Å². The van der Waals surface area contributed by atoms with E-state index in [0.29, 0.717) is 12.1 Å². The Morgan fingerprint density at radius 1 is 1.00 bits per heavy atom. The van der Waals surface area contributed by atoms with E-state index in [2.05, 4.69) is 16.8 Å². The van der Waals surface area contributed by atoms with Crippen LogP contribution in [0.25, 0.3) is 0 Å². The van der Waals surface area contributed by atoms with Crippen molar-refractivity contribution in [1.82, 2.24) is 9.80 Å². The summed E-state index contributed by atoms with van der Waals surface area (Å²) in [6.07, 6.45) is 10.8. The molecule has 0 bridgehead atoms. The molecule has 0 spiro atoms. The molecule has 2 unspecified atom stereocenters. The molecule has 1 saturated heterocycles. The Bertz CT molecular complexity index is 226. The van der Waals surface area contributed by atoms with Crippen LogP contribution in [-0.2, 0) is 0 Å². The number of hydrogen-bond acceptors (Lipinski definition) is 3. The maximum atomic E-state index is 6.38. The minimum Gasteiger partial charge on any atom is -0.326 e. The zero-order chi connectivity index (χ0) is 12.8. The highest BCUT2D eigenvalue weighted by Crippen LogP contribution is 2.20. The Labute approximate surface area is 113 Å². The highest BCUT2D eigenvalue weighted by Gasteiger charge is 2.23. The first-order valence-corrected chi connectivity index (χ1v) is 7.95. The molecule has 1 saturated carbocycles. The molecule has 1 heterocycles. The second-order valence-corrected chi connectivity index (χ2v) is 6.25. The Kier molecular flexibility index (Phi) is 5.93. The van der Waals surface area contributed by atoms with Crippen molar-refractivity contribution >= 4 is 0 Å². The molecule has 2 N–H and O–H groups in total. The van der Waals surface area contributed by atoms with Gasteiger partial charge in [-0.2, -0.15) is 0 Å². The van der Waals surface area contributed by atoms with E-state index in [1.54, 1.807) is 0 Å². The van der Waals surface area contributed by atoms with Gasteiger partial charge < -0.3 is 15.5 Å². The topological polar surface area (TPSA) is 32.5 Å². The molecule has 0 amide bonds. The van der Waals surface area contributed by atoms with Crippen molar-refractivity contribution in [1.29, 1.82) is 0 Å². The fourth-order valence-corrected chi connectivity index (χ4v) is 3.51. The number of rotatable bonds is 4. The molecule has 3 heteroatoms. The van der Waals surface area contributed by atoms with Crippen molar-refractivity contribution in [2.45, 2.75) is 63.5 Å². The molecule has 18 heavy (non-hydrogen) atoms. The molecule has 2 atom stereocenters. The summed E-state index contributed by atoms with van der Waals surface area (Å²) in [5, 5.41) is 0. The zero-order valence-electron chi connectivity index (χ0n) is 12.1. The zero-order valence-corrected chi connectivity index (χ0v) is 12.1. The van der Waals surface area contributed by atoms with Gasteiger partial charge in [-0.25, -0.2) is 0 Å².